The third-order valence-corrected chi connectivity index (χ3v) is 3.19. The smallest absolute Gasteiger partial charge is 0.229 e. The van der Waals surface area contributed by atoms with Crippen molar-refractivity contribution in [1.82, 2.24) is 0 Å². The van der Waals surface area contributed by atoms with Crippen molar-refractivity contribution in [3.05, 3.63) is 29.8 Å². The Balaban J connectivity index is 2.24. The summed E-state index contributed by atoms with van der Waals surface area (Å²) in [5.41, 5.74) is 2.41. The minimum Gasteiger partial charge on any atom is -0.312 e. The average molecular weight is 203 g/mol. The number of amides is 1. The number of rotatable bonds is 2. The number of carbonyl (C=O) groups is 1. The molecule has 15 heavy (non-hydrogen) atoms. The Morgan fingerprint density at radius 1 is 1.47 bits per heavy atom. The standard InChI is InChI=1S/C13H17NO/c1-3-10(2)13(15)14-9-8-11-6-4-5-7-12(11)14/h4-7,10H,3,8-9H2,1-2H3. The molecular formula is C13H17NO. The Bertz CT molecular complexity index is 373. The minimum atomic E-state index is 0.135. The van der Waals surface area contributed by atoms with Crippen LogP contribution in [0.5, 0.6) is 0 Å². The van der Waals surface area contributed by atoms with Gasteiger partial charge in [-0.05, 0) is 24.5 Å². The average Bonchev–Trinajstić information content (AvgIpc) is 2.70. The second kappa shape index (κ2) is 4.05. The third-order valence-electron chi connectivity index (χ3n) is 3.19. The number of hydrogen-bond acceptors (Lipinski definition) is 1. The minimum absolute atomic E-state index is 0.135. The molecule has 0 N–H and O–H groups in total. The highest BCUT2D eigenvalue weighted by Crippen LogP contribution is 2.28. The van der Waals surface area contributed by atoms with Crippen molar-refractivity contribution in [2.45, 2.75) is 26.7 Å². The molecule has 1 atom stereocenters. The number of hydrogen-bond donors (Lipinski definition) is 0. The fourth-order valence-corrected chi connectivity index (χ4v) is 2.01. The van der Waals surface area contributed by atoms with Crippen molar-refractivity contribution in [3.8, 4) is 0 Å². The van der Waals surface area contributed by atoms with Gasteiger partial charge in [-0.15, -0.1) is 0 Å². The zero-order chi connectivity index (χ0) is 10.8. The first kappa shape index (κ1) is 10.2. The van der Waals surface area contributed by atoms with E-state index in [2.05, 4.69) is 13.0 Å². The van der Waals surface area contributed by atoms with E-state index in [9.17, 15) is 4.79 Å². The van der Waals surface area contributed by atoms with Gasteiger partial charge in [-0.3, -0.25) is 4.79 Å². The van der Waals surface area contributed by atoms with Crippen molar-refractivity contribution in [3.63, 3.8) is 0 Å². The van der Waals surface area contributed by atoms with Gasteiger partial charge in [0.1, 0.15) is 0 Å². The van der Waals surface area contributed by atoms with Gasteiger partial charge in [-0.1, -0.05) is 32.0 Å². The zero-order valence-electron chi connectivity index (χ0n) is 9.36. The Morgan fingerprint density at radius 3 is 2.93 bits per heavy atom. The van der Waals surface area contributed by atoms with Gasteiger partial charge >= 0.3 is 0 Å². The van der Waals surface area contributed by atoms with Gasteiger partial charge in [0, 0.05) is 18.2 Å². The van der Waals surface area contributed by atoms with E-state index in [1.165, 1.54) is 5.56 Å². The summed E-state index contributed by atoms with van der Waals surface area (Å²) in [4.78, 5) is 14.0. The van der Waals surface area contributed by atoms with Crippen molar-refractivity contribution in [2.75, 3.05) is 11.4 Å². The zero-order valence-corrected chi connectivity index (χ0v) is 9.36. The highest BCUT2D eigenvalue weighted by Gasteiger charge is 2.26. The summed E-state index contributed by atoms with van der Waals surface area (Å²) in [5.74, 6) is 0.401. The molecule has 0 aromatic heterocycles. The number of nitrogens with zero attached hydrogens (tertiary/aromatic N) is 1. The maximum atomic E-state index is 12.1. The molecule has 1 amide bonds. The molecule has 0 saturated heterocycles. The van der Waals surface area contributed by atoms with Crippen LogP contribution in [0.25, 0.3) is 0 Å². The molecule has 1 aliphatic rings. The maximum absolute atomic E-state index is 12.1. The lowest BCUT2D eigenvalue weighted by atomic mass is 10.1. The first-order valence-corrected chi connectivity index (χ1v) is 5.63. The summed E-state index contributed by atoms with van der Waals surface area (Å²) < 4.78 is 0. The van der Waals surface area contributed by atoms with Gasteiger partial charge in [-0.25, -0.2) is 0 Å². The van der Waals surface area contributed by atoms with Crippen LogP contribution in [-0.4, -0.2) is 12.5 Å². The Kier molecular flexibility index (Phi) is 2.76. The van der Waals surface area contributed by atoms with Crippen LogP contribution in [0.1, 0.15) is 25.8 Å². The van der Waals surface area contributed by atoms with E-state index in [1.807, 2.05) is 30.0 Å². The Morgan fingerprint density at radius 2 is 2.20 bits per heavy atom. The second-order valence-corrected chi connectivity index (χ2v) is 4.18. The number of para-hydroxylation sites is 1. The molecule has 80 valence electrons. The largest absolute Gasteiger partial charge is 0.312 e. The third kappa shape index (κ3) is 1.76. The fraction of sp³-hybridized carbons (Fsp3) is 0.462. The molecule has 1 aromatic rings. The molecule has 0 spiro atoms. The van der Waals surface area contributed by atoms with Crippen LogP contribution in [0, 0.1) is 5.92 Å². The van der Waals surface area contributed by atoms with E-state index >= 15 is 0 Å². The predicted molar refractivity (Wildman–Crippen MR) is 62.0 cm³/mol. The van der Waals surface area contributed by atoms with Crippen LogP contribution < -0.4 is 4.90 Å². The molecule has 2 heteroatoms. The highest BCUT2D eigenvalue weighted by molar-refractivity contribution is 5.96. The molecule has 2 nitrogen and oxygen atoms in total. The summed E-state index contributed by atoms with van der Waals surface area (Å²) >= 11 is 0. The molecule has 1 unspecified atom stereocenters. The van der Waals surface area contributed by atoms with Gasteiger partial charge < -0.3 is 4.90 Å². The van der Waals surface area contributed by atoms with Gasteiger partial charge in [0.15, 0.2) is 0 Å². The van der Waals surface area contributed by atoms with E-state index in [0.29, 0.717) is 0 Å². The lowest BCUT2D eigenvalue weighted by molar-refractivity contribution is -0.121. The van der Waals surface area contributed by atoms with Crippen molar-refractivity contribution in [1.29, 1.82) is 0 Å². The van der Waals surface area contributed by atoms with Crippen molar-refractivity contribution in [2.24, 2.45) is 5.92 Å². The van der Waals surface area contributed by atoms with Crippen LogP contribution >= 0.6 is 0 Å². The summed E-state index contributed by atoms with van der Waals surface area (Å²) in [5, 5.41) is 0. The highest BCUT2D eigenvalue weighted by atomic mass is 16.2. The van der Waals surface area contributed by atoms with E-state index < -0.39 is 0 Å². The molecule has 1 aliphatic heterocycles. The molecule has 0 bridgehead atoms. The van der Waals surface area contributed by atoms with Gasteiger partial charge in [0.05, 0.1) is 0 Å². The molecule has 1 heterocycles. The van der Waals surface area contributed by atoms with Crippen LogP contribution in [0.4, 0.5) is 5.69 Å². The predicted octanol–water partition coefficient (Wildman–Crippen LogP) is 2.62. The number of benzene rings is 1. The first-order valence-electron chi connectivity index (χ1n) is 5.63. The van der Waals surface area contributed by atoms with Crippen LogP contribution in [0.3, 0.4) is 0 Å². The van der Waals surface area contributed by atoms with Crippen molar-refractivity contribution >= 4 is 11.6 Å². The SMILES string of the molecule is CCC(C)C(=O)N1CCc2ccccc21. The number of fused-ring (bicyclic) bond motifs is 1. The molecule has 0 radical (unpaired) electrons. The number of carbonyl (C=O) groups excluding carboxylic acids is 1. The van der Waals surface area contributed by atoms with Gasteiger partial charge in [0.2, 0.25) is 5.91 Å². The Labute approximate surface area is 90.9 Å². The van der Waals surface area contributed by atoms with E-state index in [1.54, 1.807) is 0 Å². The fourth-order valence-electron chi connectivity index (χ4n) is 2.01. The Hall–Kier alpha value is -1.31. The van der Waals surface area contributed by atoms with Crippen LogP contribution in [0.2, 0.25) is 0 Å². The van der Waals surface area contributed by atoms with Crippen LogP contribution in [0.15, 0.2) is 24.3 Å². The lowest BCUT2D eigenvalue weighted by Gasteiger charge is -2.20. The van der Waals surface area contributed by atoms with Crippen molar-refractivity contribution < 1.29 is 4.79 Å². The number of anilines is 1. The molecule has 0 fully saturated rings. The second-order valence-electron chi connectivity index (χ2n) is 4.18. The summed E-state index contributed by atoms with van der Waals surface area (Å²) in [6.45, 7) is 4.91. The molecule has 2 rings (SSSR count). The topological polar surface area (TPSA) is 20.3 Å². The summed E-state index contributed by atoms with van der Waals surface area (Å²) in [7, 11) is 0. The van der Waals surface area contributed by atoms with E-state index in [4.69, 9.17) is 0 Å². The monoisotopic (exact) mass is 203 g/mol. The van der Waals surface area contributed by atoms with E-state index in [0.717, 1.165) is 25.1 Å². The maximum Gasteiger partial charge on any atom is 0.229 e. The van der Waals surface area contributed by atoms with Gasteiger partial charge in [-0.2, -0.15) is 0 Å². The quantitative estimate of drug-likeness (QED) is 0.723. The molecule has 0 saturated carbocycles. The molecule has 0 aliphatic carbocycles. The normalized spacial score (nSPS) is 16.3. The van der Waals surface area contributed by atoms with Gasteiger partial charge in [0.25, 0.3) is 0 Å². The van der Waals surface area contributed by atoms with Crippen LogP contribution in [-0.2, 0) is 11.2 Å². The molecule has 1 aromatic carbocycles. The first-order chi connectivity index (χ1) is 7.24. The molecular weight excluding hydrogens is 186 g/mol. The van der Waals surface area contributed by atoms with E-state index in [-0.39, 0.29) is 11.8 Å². The summed E-state index contributed by atoms with van der Waals surface area (Å²) in [6.07, 6.45) is 1.91. The summed E-state index contributed by atoms with van der Waals surface area (Å²) in [6, 6.07) is 8.19. The lowest BCUT2D eigenvalue weighted by Crippen LogP contribution is -2.33.